The highest BCUT2D eigenvalue weighted by molar-refractivity contribution is 6.39. The average Bonchev–Trinajstić information content (AvgIpc) is 2.17. The zero-order chi connectivity index (χ0) is 11.4. The van der Waals surface area contributed by atoms with Crippen molar-refractivity contribution in [1.29, 1.82) is 0 Å². The summed E-state index contributed by atoms with van der Waals surface area (Å²) in [5.41, 5.74) is 0.327. The van der Waals surface area contributed by atoms with Crippen LogP contribution in [0, 0.1) is 0 Å². The van der Waals surface area contributed by atoms with Crippen LogP contribution in [0.15, 0.2) is 18.2 Å². The molecule has 0 unspecified atom stereocenters. The van der Waals surface area contributed by atoms with Crippen LogP contribution in [-0.4, -0.2) is 30.3 Å². The lowest BCUT2D eigenvalue weighted by Gasteiger charge is -2.17. The first-order valence-corrected chi connectivity index (χ1v) is 5.62. The topological polar surface area (TPSA) is 20.3 Å². The third kappa shape index (κ3) is 3.00. The zero-order valence-electron chi connectivity index (χ0n) is 8.14. The molecule has 1 amide bonds. The molecule has 1 rings (SSSR count). The number of benzene rings is 1. The summed E-state index contributed by atoms with van der Waals surface area (Å²) < 4.78 is 0. The predicted octanol–water partition coefficient (Wildman–Crippen LogP) is 3.30. The van der Waals surface area contributed by atoms with Crippen molar-refractivity contribution < 1.29 is 4.79 Å². The number of rotatable bonds is 3. The van der Waals surface area contributed by atoms with E-state index in [9.17, 15) is 4.79 Å². The third-order valence-electron chi connectivity index (χ3n) is 1.94. The molecule has 0 aliphatic carbocycles. The summed E-state index contributed by atoms with van der Waals surface area (Å²) in [6, 6.07) is 4.97. The molecule has 0 radical (unpaired) electrons. The van der Waals surface area contributed by atoms with Gasteiger partial charge in [0.15, 0.2) is 0 Å². The molecule has 0 saturated carbocycles. The molecule has 0 fully saturated rings. The number of halogens is 3. The maximum atomic E-state index is 11.9. The molecule has 0 spiro atoms. The molecule has 1 aromatic rings. The molecular formula is C10H10Cl3NO. The highest BCUT2D eigenvalue weighted by Gasteiger charge is 2.17. The molecule has 5 heteroatoms. The Morgan fingerprint density at radius 1 is 1.33 bits per heavy atom. The van der Waals surface area contributed by atoms with Gasteiger partial charge in [0.1, 0.15) is 0 Å². The van der Waals surface area contributed by atoms with Crippen LogP contribution in [0.3, 0.4) is 0 Å². The maximum absolute atomic E-state index is 11.9. The molecular weight excluding hydrogens is 256 g/mol. The average molecular weight is 267 g/mol. The van der Waals surface area contributed by atoms with Crippen molar-refractivity contribution in [2.45, 2.75) is 0 Å². The van der Waals surface area contributed by atoms with Crippen LogP contribution in [0.2, 0.25) is 10.0 Å². The number of hydrogen-bond donors (Lipinski definition) is 0. The fourth-order valence-corrected chi connectivity index (χ4v) is 1.93. The smallest absolute Gasteiger partial charge is 0.256 e. The van der Waals surface area contributed by atoms with Gasteiger partial charge in [-0.1, -0.05) is 29.3 Å². The number of nitrogens with zero attached hydrogens (tertiary/aromatic N) is 1. The van der Waals surface area contributed by atoms with Crippen LogP contribution in [0.5, 0.6) is 0 Å². The summed E-state index contributed by atoms with van der Waals surface area (Å²) in [5.74, 6) is 0.163. The SMILES string of the molecule is CN(CCCl)C(=O)c1c(Cl)cccc1Cl. The molecule has 0 bridgehead atoms. The minimum atomic E-state index is -0.216. The lowest BCUT2D eigenvalue weighted by atomic mass is 10.2. The molecule has 0 aliphatic heterocycles. The van der Waals surface area contributed by atoms with E-state index in [1.807, 2.05) is 0 Å². The number of carbonyl (C=O) groups is 1. The van der Waals surface area contributed by atoms with Crippen molar-refractivity contribution in [3.05, 3.63) is 33.8 Å². The normalized spacial score (nSPS) is 10.1. The second-order valence-corrected chi connectivity index (χ2v) is 4.20. The van der Waals surface area contributed by atoms with Gasteiger partial charge < -0.3 is 4.90 Å². The van der Waals surface area contributed by atoms with Gasteiger partial charge in [-0.15, -0.1) is 11.6 Å². The van der Waals surface area contributed by atoms with Gasteiger partial charge in [-0.3, -0.25) is 4.79 Å². The predicted molar refractivity (Wildman–Crippen MR) is 64.1 cm³/mol. The summed E-state index contributed by atoms with van der Waals surface area (Å²) in [5, 5.41) is 0.711. The van der Waals surface area contributed by atoms with Gasteiger partial charge in [0.2, 0.25) is 0 Å². The van der Waals surface area contributed by atoms with Crippen LogP contribution in [0.1, 0.15) is 10.4 Å². The van der Waals surface area contributed by atoms with Gasteiger partial charge in [-0.25, -0.2) is 0 Å². The fourth-order valence-electron chi connectivity index (χ4n) is 1.12. The molecule has 15 heavy (non-hydrogen) atoms. The van der Waals surface area contributed by atoms with E-state index in [1.165, 1.54) is 4.90 Å². The highest BCUT2D eigenvalue weighted by atomic mass is 35.5. The second-order valence-electron chi connectivity index (χ2n) is 3.01. The quantitative estimate of drug-likeness (QED) is 0.769. The van der Waals surface area contributed by atoms with Crippen molar-refractivity contribution in [3.8, 4) is 0 Å². The van der Waals surface area contributed by atoms with Gasteiger partial charge >= 0.3 is 0 Å². The summed E-state index contributed by atoms with van der Waals surface area (Å²) in [6.07, 6.45) is 0. The lowest BCUT2D eigenvalue weighted by Crippen LogP contribution is -2.29. The van der Waals surface area contributed by atoms with Crippen molar-refractivity contribution in [1.82, 2.24) is 4.90 Å². The Labute approximate surface area is 104 Å². The standard InChI is InChI=1S/C10H10Cl3NO/c1-14(6-5-11)10(15)9-7(12)3-2-4-8(9)13/h2-4H,5-6H2,1H3. The Bertz CT molecular complexity index is 347. The minimum absolute atomic E-state index is 0.216. The van der Waals surface area contributed by atoms with Gasteiger partial charge in [0.25, 0.3) is 5.91 Å². The van der Waals surface area contributed by atoms with Gasteiger partial charge in [-0.05, 0) is 12.1 Å². The van der Waals surface area contributed by atoms with Crippen molar-refractivity contribution in [2.24, 2.45) is 0 Å². The zero-order valence-corrected chi connectivity index (χ0v) is 10.4. The second kappa shape index (κ2) is 5.59. The Morgan fingerprint density at radius 2 is 1.87 bits per heavy atom. The summed E-state index contributed by atoms with van der Waals surface area (Å²) >= 11 is 17.4. The Morgan fingerprint density at radius 3 is 2.33 bits per heavy atom. The number of amides is 1. The molecule has 0 aromatic heterocycles. The maximum Gasteiger partial charge on any atom is 0.256 e. The Kier molecular flexibility index (Phi) is 4.71. The van der Waals surface area contributed by atoms with Crippen molar-refractivity contribution in [2.75, 3.05) is 19.5 Å². The van der Waals surface area contributed by atoms with Crippen molar-refractivity contribution >= 4 is 40.7 Å². The van der Waals surface area contributed by atoms with Gasteiger partial charge in [-0.2, -0.15) is 0 Å². The molecule has 0 atom stereocenters. The first-order chi connectivity index (χ1) is 7.07. The first-order valence-electron chi connectivity index (χ1n) is 4.33. The molecule has 0 N–H and O–H groups in total. The van der Waals surface area contributed by atoms with Crippen LogP contribution in [0.25, 0.3) is 0 Å². The van der Waals surface area contributed by atoms with E-state index in [0.29, 0.717) is 28.0 Å². The number of carbonyl (C=O) groups excluding carboxylic acids is 1. The van der Waals surface area contributed by atoms with E-state index in [2.05, 4.69) is 0 Å². The van der Waals surface area contributed by atoms with Gasteiger partial charge in [0, 0.05) is 19.5 Å². The largest absolute Gasteiger partial charge is 0.340 e. The molecule has 0 aliphatic rings. The summed E-state index contributed by atoms with van der Waals surface area (Å²) in [7, 11) is 1.66. The number of alkyl halides is 1. The molecule has 2 nitrogen and oxygen atoms in total. The summed E-state index contributed by atoms with van der Waals surface area (Å²) in [6.45, 7) is 0.460. The van der Waals surface area contributed by atoms with E-state index in [0.717, 1.165) is 0 Å². The van der Waals surface area contributed by atoms with E-state index >= 15 is 0 Å². The Balaban J connectivity index is 3.00. The molecule has 0 saturated heterocycles. The van der Waals surface area contributed by atoms with E-state index in [-0.39, 0.29) is 5.91 Å². The minimum Gasteiger partial charge on any atom is -0.340 e. The molecule has 82 valence electrons. The highest BCUT2D eigenvalue weighted by Crippen LogP contribution is 2.25. The third-order valence-corrected chi connectivity index (χ3v) is 2.74. The van der Waals surface area contributed by atoms with Crippen molar-refractivity contribution in [3.63, 3.8) is 0 Å². The fraction of sp³-hybridized carbons (Fsp3) is 0.300. The van der Waals surface area contributed by atoms with E-state index in [4.69, 9.17) is 34.8 Å². The van der Waals surface area contributed by atoms with Crippen LogP contribution in [0.4, 0.5) is 0 Å². The van der Waals surface area contributed by atoms with Crippen LogP contribution < -0.4 is 0 Å². The van der Waals surface area contributed by atoms with Crippen LogP contribution in [-0.2, 0) is 0 Å². The first kappa shape index (κ1) is 12.6. The molecule has 0 heterocycles. The van der Waals surface area contributed by atoms with E-state index in [1.54, 1.807) is 25.2 Å². The summed E-state index contributed by atoms with van der Waals surface area (Å²) in [4.78, 5) is 13.4. The van der Waals surface area contributed by atoms with Crippen LogP contribution >= 0.6 is 34.8 Å². The van der Waals surface area contributed by atoms with Gasteiger partial charge in [0.05, 0.1) is 15.6 Å². The molecule has 1 aromatic carbocycles. The lowest BCUT2D eigenvalue weighted by molar-refractivity contribution is 0.0803. The monoisotopic (exact) mass is 265 g/mol. The Hall–Kier alpha value is -0.440. The van der Waals surface area contributed by atoms with E-state index < -0.39 is 0 Å². The number of hydrogen-bond acceptors (Lipinski definition) is 1.